The van der Waals surface area contributed by atoms with E-state index < -0.39 is 58.7 Å². The third-order valence-electron chi connectivity index (χ3n) is 14.2. The van der Waals surface area contributed by atoms with Gasteiger partial charge in [-0.2, -0.15) is 0 Å². The average molecular weight is 993 g/mol. The standard InChI is InChI=1S/C51H76N8O8S2/c1-32(52-8)43(60)54-36-22-26-68-39-28-49(3,4)41(58(39)47(36)64)45(62)55-37(34-18-12-10-13-19-34)30-66-24-16-17-25-67-31-38(35-20-14-11-15-21-35)56-46(63)42-50(5,6)29-40-59(42)48(65)51(7,23-27-69-40)57-44(61)33(2)53-9/h10-15,18-21,32-33,36-42,52-53H,16-17,22-31H2,1-9H3,(H,54,60)(H,55,62)(H,56,63)(H,57,61)/t32-,33-,36-,37+,38+,39-,40-,41+,42+,51+/m0/s1. The fourth-order valence-corrected chi connectivity index (χ4v) is 13.2. The van der Waals surface area contributed by atoms with Gasteiger partial charge in [-0.3, -0.25) is 28.8 Å². The van der Waals surface area contributed by atoms with Crippen LogP contribution in [0.5, 0.6) is 0 Å². The van der Waals surface area contributed by atoms with E-state index in [2.05, 4.69) is 31.9 Å². The van der Waals surface area contributed by atoms with E-state index >= 15 is 0 Å². The molecule has 4 aliphatic rings. The first-order valence-corrected chi connectivity index (χ1v) is 26.6. The molecule has 10 atom stereocenters. The molecule has 6 amide bonds. The Morgan fingerprint density at radius 2 is 1.14 bits per heavy atom. The number of nitrogens with zero attached hydrogens (tertiary/aromatic N) is 2. The summed E-state index contributed by atoms with van der Waals surface area (Å²) in [6.45, 7) is 14.6. The largest absolute Gasteiger partial charge is 0.379 e. The van der Waals surface area contributed by atoms with Crippen molar-refractivity contribution < 1.29 is 38.2 Å². The molecule has 0 saturated carbocycles. The van der Waals surface area contributed by atoms with E-state index in [0.717, 1.165) is 11.1 Å². The fourth-order valence-electron chi connectivity index (χ4n) is 9.89. The van der Waals surface area contributed by atoms with Gasteiger partial charge in [-0.1, -0.05) is 88.4 Å². The molecule has 4 saturated heterocycles. The molecule has 2 aromatic rings. The summed E-state index contributed by atoms with van der Waals surface area (Å²) >= 11 is 3.32. The maximum absolute atomic E-state index is 14.5. The summed E-state index contributed by atoms with van der Waals surface area (Å²) in [5.41, 5.74) is -0.439. The second-order valence-corrected chi connectivity index (χ2v) is 23.1. The molecule has 6 N–H and O–H groups in total. The molecule has 6 rings (SSSR count). The number of likely N-dealkylation sites (N-methyl/N-ethyl adjacent to an activating group) is 2. The minimum absolute atomic E-state index is 0.179. The van der Waals surface area contributed by atoms with Crippen molar-refractivity contribution >= 4 is 59.0 Å². The number of hydrogen-bond acceptors (Lipinski definition) is 12. The normalized spacial score (nSPS) is 26.9. The van der Waals surface area contributed by atoms with Gasteiger partial charge in [0, 0.05) is 13.2 Å². The van der Waals surface area contributed by atoms with Crippen LogP contribution >= 0.6 is 23.5 Å². The lowest BCUT2D eigenvalue weighted by Gasteiger charge is -2.38. The first-order chi connectivity index (χ1) is 32.8. The molecule has 380 valence electrons. The molecule has 0 spiro atoms. The Labute approximate surface area is 417 Å². The van der Waals surface area contributed by atoms with Gasteiger partial charge in [0.25, 0.3) is 0 Å². The van der Waals surface area contributed by atoms with Crippen molar-refractivity contribution in [3.8, 4) is 0 Å². The Kier molecular flexibility index (Phi) is 18.7. The molecule has 0 unspecified atom stereocenters. The van der Waals surface area contributed by atoms with Crippen molar-refractivity contribution in [1.29, 1.82) is 0 Å². The van der Waals surface area contributed by atoms with Gasteiger partial charge in [-0.15, -0.1) is 23.5 Å². The van der Waals surface area contributed by atoms with Crippen molar-refractivity contribution in [2.75, 3.05) is 52.0 Å². The Bertz CT molecular complexity index is 2100. The van der Waals surface area contributed by atoms with Gasteiger partial charge in [0.15, 0.2) is 0 Å². The molecule has 0 aliphatic carbocycles. The number of ether oxygens (including phenoxy) is 2. The van der Waals surface area contributed by atoms with Crippen molar-refractivity contribution in [3.05, 3.63) is 71.8 Å². The average Bonchev–Trinajstić information content (AvgIpc) is 3.66. The Balaban J connectivity index is 1.04. The van der Waals surface area contributed by atoms with Crippen molar-refractivity contribution in [2.24, 2.45) is 10.8 Å². The van der Waals surface area contributed by atoms with Gasteiger partial charge in [-0.05, 0) is 107 Å². The number of thioether (sulfide) groups is 2. The van der Waals surface area contributed by atoms with Gasteiger partial charge < -0.3 is 51.2 Å². The molecule has 18 heteroatoms. The monoisotopic (exact) mass is 993 g/mol. The summed E-state index contributed by atoms with van der Waals surface area (Å²) in [5, 5.41) is 17.9. The molecular weight excluding hydrogens is 917 g/mol. The summed E-state index contributed by atoms with van der Waals surface area (Å²) in [4.78, 5) is 86.8. The van der Waals surface area contributed by atoms with Crippen LogP contribution < -0.4 is 31.9 Å². The van der Waals surface area contributed by atoms with E-state index in [-0.39, 0.29) is 59.4 Å². The summed E-state index contributed by atoms with van der Waals surface area (Å²) in [7, 11) is 3.40. The lowest BCUT2D eigenvalue weighted by atomic mass is 9.83. The van der Waals surface area contributed by atoms with Crippen molar-refractivity contribution in [1.82, 2.24) is 41.7 Å². The van der Waals surface area contributed by atoms with E-state index in [1.165, 1.54) is 0 Å². The van der Waals surface area contributed by atoms with Gasteiger partial charge in [0.2, 0.25) is 35.4 Å². The van der Waals surface area contributed by atoms with Gasteiger partial charge in [0.05, 0.1) is 48.1 Å². The summed E-state index contributed by atoms with van der Waals surface area (Å²) in [6, 6.07) is 15.2. The highest BCUT2D eigenvalue weighted by atomic mass is 32.2. The Morgan fingerprint density at radius 1 is 0.681 bits per heavy atom. The van der Waals surface area contributed by atoms with Crippen LogP contribution in [0.15, 0.2) is 60.7 Å². The van der Waals surface area contributed by atoms with Crippen LogP contribution in [-0.4, -0.2) is 144 Å². The Morgan fingerprint density at radius 3 is 1.65 bits per heavy atom. The SMILES string of the molecule is CN[C@@H](C)C(=O)N[C@H]1CCS[C@H]2CC(C)(C)[C@@H](C(=O)N[C@H](COCCCCOC[C@@H](NC(=O)[C@H]3N4C(=O)[C@](C)(NC(=O)[C@H](C)NC)CCS[C@H]4CC3(C)C)c3ccccc3)c3ccccc3)N2C1=O. The van der Waals surface area contributed by atoms with E-state index in [4.69, 9.17) is 9.47 Å². The summed E-state index contributed by atoms with van der Waals surface area (Å²) in [6.07, 6.45) is 3.61. The maximum Gasteiger partial charge on any atom is 0.249 e. The summed E-state index contributed by atoms with van der Waals surface area (Å²) < 4.78 is 12.5. The quantitative estimate of drug-likeness (QED) is 0.0974. The lowest BCUT2D eigenvalue weighted by molar-refractivity contribution is -0.147. The van der Waals surface area contributed by atoms with Crippen LogP contribution in [0.1, 0.15) is 110 Å². The number of unbranched alkanes of at least 4 members (excludes halogenated alkanes) is 1. The van der Waals surface area contributed by atoms with Crippen LogP contribution in [0, 0.1) is 10.8 Å². The molecule has 0 bridgehead atoms. The topological polar surface area (TPSA) is 200 Å². The third-order valence-corrected chi connectivity index (χ3v) is 16.7. The zero-order valence-corrected chi connectivity index (χ0v) is 43.6. The highest BCUT2D eigenvalue weighted by Gasteiger charge is 2.58. The van der Waals surface area contributed by atoms with Gasteiger partial charge in [0.1, 0.15) is 23.7 Å². The second-order valence-electron chi connectivity index (χ2n) is 20.5. The van der Waals surface area contributed by atoms with Crippen LogP contribution in [0.4, 0.5) is 0 Å². The number of rotatable bonds is 21. The minimum atomic E-state index is -1.16. The molecular formula is C51H76N8O8S2. The third kappa shape index (κ3) is 13.0. The van der Waals surface area contributed by atoms with Crippen molar-refractivity contribution in [2.45, 2.75) is 146 Å². The molecule has 0 aromatic heterocycles. The number of carbonyl (C=O) groups excluding carboxylic acids is 6. The minimum Gasteiger partial charge on any atom is -0.379 e. The highest BCUT2D eigenvalue weighted by molar-refractivity contribution is 8.00. The molecule has 2 aromatic carbocycles. The van der Waals surface area contributed by atoms with E-state index in [9.17, 15) is 28.8 Å². The molecule has 69 heavy (non-hydrogen) atoms. The molecule has 16 nitrogen and oxygen atoms in total. The predicted octanol–water partition coefficient (Wildman–Crippen LogP) is 4.27. The number of fused-ring (bicyclic) bond motifs is 2. The number of carbonyl (C=O) groups is 6. The zero-order chi connectivity index (χ0) is 50.1. The van der Waals surface area contributed by atoms with E-state index in [1.54, 1.807) is 68.2 Å². The van der Waals surface area contributed by atoms with Crippen molar-refractivity contribution in [3.63, 3.8) is 0 Å². The maximum atomic E-state index is 14.5. The number of amides is 6. The van der Waals surface area contributed by atoms with Crippen LogP contribution in [0.25, 0.3) is 0 Å². The molecule has 0 radical (unpaired) electrons. The molecule has 4 aliphatic heterocycles. The first-order valence-electron chi connectivity index (χ1n) is 24.5. The number of hydrogen-bond donors (Lipinski definition) is 6. The van der Waals surface area contributed by atoms with Gasteiger partial charge in [-0.25, -0.2) is 0 Å². The van der Waals surface area contributed by atoms with Crippen LogP contribution in [0.2, 0.25) is 0 Å². The first kappa shape index (κ1) is 54.1. The molecule has 4 fully saturated rings. The molecule has 4 heterocycles. The van der Waals surface area contributed by atoms with E-state index in [0.29, 0.717) is 63.2 Å². The highest BCUT2D eigenvalue weighted by Crippen LogP contribution is 2.48. The summed E-state index contributed by atoms with van der Waals surface area (Å²) in [5.74, 6) is -0.164. The smallest absolute Gasteiger partial charge is 0.249 e. The number of nitrogens with one attached hydrogen (secondary N) is 6. The predicted molar refractivity (Wildman–Crippen MR) is 271 cm³/mol. The lowest BCUT2D eigenvalue weighted by Crippen LogP contribution is -2.63. The Hall–Kier alpha value is -4.20. The zero-order valence-electron chi connectivity index (χ0n) is 41.9. The fraction of sp³-hybridized carbons (Fsp3) is 0.647. The second kappa shape index (κ2) is 23.8. The van der Waals surface area contributed by atoms with Gasteiger partial charge >= 0.3 is 0 Å². The van der Waals surface area contributed by atoms with Crippen LogP contribution in [-0.2, 0) is 38.2 Å². The van der Waals surface area contributed by atoms with E-state index in [1.807, 2.05) is 88.4 Å². The van der Waals surface area contributed by atoms with Crippen LogP contribution in [0.3, 0.4) is 0 Å². The number of benzene rings is 2.